The monoisotopic (exact) mass is 261 g/mol. The highest BCUT2D eigenvalue weighted by atomic mass is 35.5. The molecule has 0 unspecified atom stereocenters. The van der Waals surface area contributed by atoms with Crippen molar-refractivity contribution in [1.82, 2.24) is 0 Å². The van der Waals surface area contributed by atoms with Gasteiger partial charge in [0.15, 0.2) is 0 Å². The quantitative estimate of drug-likeness (QED) is 0.897. The molecule has 3 heteroatoms. The smallest absolute Gasteiger partial charge is 0.119 e. The summed E-state index contributed by atoms with van der Waals surface area (Å²) < 4.78 is 5.43. The third-order valence-corrected chi connectivity index (χ3v) is 3.03. The zero-order chi connectivity index (χ0) is 12.8. The molecule has 0 aliphatic carbocycles. The molecule has 0 atom stereocenters. The van der Waals surface area contributed by atoms with Crippen LogP contribution >= 0.6 is 11.6 Å². The lowest BCUT2D eigenvalue weighted by Crippen LogP contribution is -2.10. The second-order valence-corrected chi connectivity index (χ2v) is 4.46. The van der Waals surface area contributed by atoms with Crippen LogP contribution in [0.1, 0.15) is 11.1 Å². The van der Waals surface area contributed by atoms with Crippen LogP contribution in [0, 0.1) is 0 Å². The Morgan fingerprint density at radius 2 is 1.72 bits per heavy atom. The molecule has 94 valence electrons. The highest BCUT2D eigenvalue weighted by Crippen LogP contribution is 2.20. The molecule has 0 aliphatic rings. The van der Waals surface area contributed by atoms with E-state index in [1.54, 1.807) is 0 Å². The molecule has 0 saturated carbocycles. The van der Waals surface area contributed by atoms with Crippen LogP contribution in [0.2, 0.25) is 5.02 Å². The van der Waals surface area contributed by atoms with Gasteiger partial charge in [-0.25, -0.2) is 0 Å². The van der Waals surface area contributed by atoms with Crippen LogP contribution in [-0.4, -0.2) is 13.2 Å². The first-order chi connectivity index (χ1) is 8.79. The third-order valence-electron chi connectivity index (χ3n) is 2.66. The number of nitrogens with two attached hydrogens (primary N) is 1. The molecule has 0 aliphatic heterocycles. The summed E-state index contributed by atoms with van der Waals surface area (Å²) in [7, 11) is 0. The topological polar surface area (TPSA) is 35.2 Å². The maximum absolute atomic E-state index is 6.14. The number of hydrogen-bond donors (Lipinski definition) is 1. The fourth-order valence-corrected chi connectivity index (χ4v) is 1.94. The Labute approximate surface area is 112 Å². The maximum atomic E-state index is 6.14. The molecule has 2 N–H and O–H groups in total. The molecule has 0 spiro atoms. The molecule has 0 bridgehead atoms. The first-order valence-corrected chi connectivity index (χ1v) is 6.32. The van der Waals surface area contributed by atoms with E-state index in [2.05, 4.69) is 12.1 Å². The zero-order valence-corrected chi connectivity index (χ0v) is 10.9. The summed E-state index contributed by atoms with van der Waals surface area (Å²) in [6.45, 7) is 1.07. The average Bonchev–Trinajstić information content (AvgIpc) is 2.41. The Bertz CT molecular complexity index is 496. The third kappa shape index (κ3) is 3.49. The number of hydrogen-bond acceptors (Lipinski definition) is 2. The van der Waals surface area contributed by atoms with Crippen molar-refractivity contribution in [2.75, 3.05) is 13.2 Å². The summed E-state index contributed by atoms with van der Waals surface area (Å²) in [5, 5.41) is 0.806. The lowest BCUT2D eigenvalue weighted by molar-refractivity contribution is 0.328. The van der Waals surface area contributed by atoms with E-state index in [1.807, 2.05) is 36.4 Å². The summed E-state index contributed by atoms with van der Waals surface area (Å²) in [6.07, 6.45) is 0.830. The number of rotatable bonds is 5. The van der Waals surface area contributed by atoms with Gasteiger partial charge in [0.1, 0.15) is 12.4 Å². The molecule has 0 radical (unpaired) electrons. The highest BCUT2D eigenvalue weighted by Gasteiger charge is 2.01. The van der Waals surface area contributed by atoms with Gasteiger partial charge in [-0.15, -0.1) is 0 Å². The van der Waals surface area contributed by atoms with Crippen molar-refractivity contribution < 1.29 is 4.74 Å². The van der Waals surface area contributed by atoms with Gasteiger partial charge in [-0.05, 0) is 35.7 Å². The summed E-state index contributed by atoms with van der Waals surface area (Å²) in [5.41, 5.74) is 7.73. The second-order valence-electron chi connectivity index (χ2n) is 4.05. The van der Waals surface area contributed by atoms with E-state index < -0.39 is 0 Å². The zero-order valence-electron chi connectivity index (χ0n) is 10.1. The van der Waals surface area contributed by atoms with E-state index >= 15 is 0 Å². The highest BCUT2D eigenvalue weighted by molar-refractivity contribution is 6.31. The maximum Gasteiger partial charge on any atom is 0.119 e. The fraction of sp³-hybridized carbons (Fsp3) is 0.200. The average molecular weight is 262 g/mol. The molecule has 0 fully saturated rings. The van der Waals surface area contributed by atoms with Crippen molar-refractivity contribution in [3.05, 3.63) is 64.7 Å². The normalized spacial score (nSPS) is 10.3. The first kappa shape index (κ1) is 12.9. The first-order valence-electron chi connectivity index (χ1n) is 5.95. The number of benzene rings is 2. The fourth-order valence-electron chi connectivity index (χ4n) is 1.74. The van der Waals surface area contributed by atoms with Crippen LogP contribution in [0.5, 0.6) is 5.75 Å². The van der Waals surface area contributed by atoms with Crippen LogP contribution < -0.4 is 10.5 Å². The van der Waals surface area contributed by atoms with Crippen molar-refractivity contribution in [3.8, 4) is 5.75 Å². The molecular weight excluding hydrogens is 246 g/mol. The van der Waals surface area contributed by atoms with Crippen LogP contribution in [0.3, 0.4) is 0 Å². The Balaban J connectivity index is 2.04. The number of halogens is 1. The molecule has 2 aromatic carbocycles. The predicted molar refractivity (Wildman–Crippen MR) is 75.2 cm³/mol. The van der Waals surface area contributed by atoms with Crippen LogP contribution in [0.15, 0.2) is 48.5 Å². The van der Waals surface area contributed by atoms with Crippen LogP contribution in [-0.2, 0) is 6.42 Å². The summed E-state index contributed by atoms with van der Waals surface area (Å²) in [4.78, 5) is 0. The molecule has 2 rings (SSSR count). The minimum absolute atomic E-state index is 0.529. The van der Waals surface area contributed by atoms with E-state index in [-0.39, 0.29) is 0 Å². The van der Waals surface area contributed by atoms with Gasteiger partial charge in [0, 0.05) is 11.6 Å². The summed E-state index contributed by atoms with van der Waals surface area (Å²) in [5.74, 6) is 0.850. The van der Waals surface area contributed by atoms with E-state index in [0.717, 1.165) is 22.8 Å². The van der Waals surface area contributed by atoms with Gasteiger partial charge >= 0.3 is 0 Å². The second kappa shape index (κ2) is 6.43. The predicted octanol–water partition coefficient (Wildman–Crippen LogP) is 3.27. The minimum atomic E-state index is 0.529. The van der Waals surface area contributed by atoms with Crippen LogP contribution in [0.25, 0.3) is 0 Å². The summed E-state index contributed by atoms with van der Waals surface area (Å²) in [6, 6.07) is 15.9. The summed E-state index contributed by atoms with van der Waals surface area (Å²) >= 11 is 6.14. The minimum Gasteiger partial charge on any atom is -0.492 e. The molecule has 0 amide bonds. The van der Waals surface area contributed by atoms with Gasteiger partial charge in [-0.3, -0.25) is 0 Å². The molecule has 0 heterocycles. The van der Waals surface area contributed by atoms with Gasteiger partial charge in [0.2, 0.25) is 0 Å². The van der Waals surface area contributed by atoms with Gasteiger partial charge in [0.25, 0.3) is 0 Å². The van der Waals surface area contributed by atoms with Crippen molar-refractivity contribution in [1.29, 1.82) is 0 Å². The Morgan fingerprint density at radius 1 is 1.00 bits per heavy atom. The van der Waals surface area contributed by atoms with Crippen molar-refractivity contribution in [2.24, 2.45) is 5.73 Å². The number of ether oxygens (including phenoxy) is 1. The Morgan fingerprint density at radius 3 is 2.39 bits per heavy atom. The van der Waals surface area contributed by atoms with Crippen molar-refractivity contribution in [2.45, 2.75) is 6.42 Å². The largest absolute Gasteiger partial charge is 0.492 e. The van der Waals surface area contributed by atoms with E-state index in [1.165, 1.54) is 5.56 Å². The van der Waals surface area contributed by atoms with Gasteiger partial charge in [0.05, 0.1) is 0 Å². The standard InChI is InChI=1S/C15H16ClNO/c16-15-4-2-1-3-13(15)11-12-5-7-14(8-6-12)18-10-9-17/h1-8H,9-11,17H2. The van der Waals surface area contributed by atoms with E-state index in [9.17, 15) is 0 Å². The Hall–Kier alpha value is -1.51. The molecular formula is C15H16ClNO. The van der Waals surface area contributed by atoms with E-state index in [4.69, 9.17) is 22.1 Å². The lowest BCUT2D eigenvalue weighted by Gasteiger charge is -2.07. The molecule has 0 aromatic heterocycles. The molecule has 0 saturated heterocycles. The molecule has 18 heavy (non-hydrogen) atoms. The molecule has 2 aromatic rings. The molecule has 2 nitrogen and oxygen atoms in total. The lowest BCUT2D eigenvalue weighted by atomic mass is 10.1. The van der Waals surface area contributed by atoms with Crippen molar-refractivity contribution in [3.63, 3.8) is 0 Å². The van der Waals surface area contributed by atoms with Crippen molar-refractivity contribution >= 4 is 11.6 Å². The van der Waals surface area contributed by atoms with Gasteiger partial charge in [-0.1, -0.05) is 41.9 Å². The van der Waals surface area contributed by atoms with Gasteiger partial charge < -0.3 is 10.5 Å². The van der Waals surface area contributed by atoms with Crippen LogP contribution in [0.4, 0.5) is 0 Å². The Kier molecular flexibility index (Phi) is 4.62. The SMILES string of the molecule is NCCOc1ccc(Cc2ccccc2Cl)cc1. The van der Waals surface area contributed by atoms with E-state index in [0.29, 0.717) is 13.2 Å². The van der Waals surface area contributed by atoms with Gasteiger partial charge in [-0.2, -0.15) is 0 Å².